The highest BCUT2D eigenvalue weighted by molar-refractivity contribution is 7.99. The molecule has 0 aliphatic carbocycles. The Bertz CT molecular complexity index is 754. The largest absolute Gasteiger partial charge is 0.377 e. The highest BCUT2D eigenvalue weighted by Gasteiger charge is 2.36. The van der Waals surface area contributed by atoms with Gasteiger partial charge in [0.15, 0.2) is 0 Å². The van der Waals surface area contributed by atoms with Gasteiger partial charge in [-0.1, -0.05) is 42.5 Å². The van der Waals surface area contributed by atoms with Crippen molar-refractivity contribution < 1.29 is 14.8 Å². The van der Waals surface area contributed by atoms with Crippen LogP contribution in [0.15, 0.2) is 54.6 Å². The molecule has 0 aromatic heterocycles. The van der Waals surface area contributed by atoms with Gasteiger partial charge in [-0.15, -0.1) is 11.8 Å². The molecule has 2 aromatic carbocycles. The minimum absolute atomic E-state index is 0.0407. The quantitative estimate of drug-likeness (QED) is 0.557. The highest BCUT2D eigenvalue weighted by atomic mass is 32.2. The lowest BCUT2D eigenvalue weighted by molar-refractivity contribution is -0.384. The molecule has 130 valence electrons. The van der Waals surface area contributed by atoms with Gasteiger partial charge in [-0.2, -0.15) is 0 Å². The van der Waals surface area contributed by atoms with Crippen LogP contribution in [0.4, 0.5) is 5.69 Å². The molecule has 2 aromatic rings. The van der Waals surface area contributed by atoms with Gasteiger partial charge in [0.1, 0.15) is 17.6 Å². The van der Waals surface area contributed by atoms with Gasteiger partial charge in [-0.05, 0) is 11.1 Å². The first-order valence-electron chi connectivity index (χ1n) is 7.69. The van der Waals surface area contributed by atoms with Gasteiger partial charge in [-0.3, -0.25) is 20.2 Å². The second-order valence-electron chi connectivity index (χ2n) is 5.62. The van der Waals surface area contributed by atoms with Gasteiger partial charge in [-0.25, -0.2) is 0 Å². The second-order valence-corrected chi connectivity index (χ2v) is 6.72. The van der Waals surface area contributed by atoms with E-state index in [1.54, 1.807) is 24.3 Å². The number of hydrogen-bond acceptors (Lipinski definition) is 6. The summed E-state index contributed by atoms with van der Waals surface area (Å²) in [7, 11) is 0. The number of nitrogens with one attached hydrogen (secondary N) is 2. The van der Waals surface area contributed by atoms with Crippen molar-refractivity contribution >= 4 is 23.4 Å². The third-order valence-electron chi connectivity index (χ3n) is 3.92. The molecule has 1 amide bonds. The minimum atomic E-state index is -0.981. The minimum Gasteiger partial charge on any atom is -0.377 e. The van der Waals surface area contributed by atoms with Gasteiger partial charge in [0.2, 0.25) is 5.91 Å². The Labute approximate surface area is 148 Å². The maximum atomic E-state index is 12.3. The predicted molar refractivity (Wildman–Crippen MR) is 94.6 cm³/mol. The maximum Gasteiger partial charge on any atom is 0.269 e. The van der Waals surface area contributed by atoms with Crippen LogP contribution < -0.4 is 10.6 Å². The average Bonchev–Trinajstić information content (AvgIpc) is 2.61. The summed E-state index contributed by atoms with van der Waals surface area (Å²) in [5.41, 5.74) is 1.25. The van der Waals surface area contributed by atoms with Crippen molar-refractivity contribution in [1.29, 1.82) is 0 Å². The molecule has 1 fully saturated rings. The average molecular weight is 359 g/mol. The van der Waals surface area contributed by atoms with E-state index in [1.807, 2.05) is 18.2 Å². The summed E-state index contributed by atoms with van der Waals surface area (Å²) in [5.74, 6) is -0.352. The molecule has 0 radical (unpaired) electrons. The molecule has 1 aliphatic rings. The zero-order valence-electron chi connectivity index (χ0n) is 13.2. The van der Waals surface area contributed by atoms with E-state index >= 15 is 0 Å². The van der Waals surface area contributed by atoms with Crippen LogP contribution >= 0.6 is 11.8 Å². The van der Waals surface area contributed by atoms with E-state index in [0.29, 0.717) is 5.75 Å². The van der Waals surface area contributed by atoms with Gasteiger partial charge in [0.25, 0.3) is 5.69 Å². The molecule has 3 N–H and O–H groups in total. The summed E-state index contributed by atoms with van der Waals surface area (Å²) in [6.07, 6.45) is -0.981. The van der Waals surface area contributed by atoms with Gasteiger partial charge < -0.3 is 10.4 Å². The van der Waals surface area contributed by atoms with E-state index in [9.17, 15) is 20.0 Å². The molecule has 8 heteroatoms. The number of benzene rings is 2. The summed E-state index contributed by atoms with van der Waals surface area (Å²) in [6.45, 7) is 0. The Morgan fingerprint density at radius 3 is 2.40 bits per heavy atom. The Morgan fingerprint density at radius 1 is 1.12 bits per heavy atom. The maximum absolute atomic E-state index is 12.3. The topological polar surface area (TPSA) is 104 Å². The Balaban J connectivity index is 1.59. The molecule has 0 spiro atoms. The smallest absolute Gasteiger partial charge is 0.269 e. The van der Waals surface area contributed by atoms with Crippen LogP contribution in [0.5, 0.6) is 0 Å². The number of nitrogens with zero attached hydrogens (tertiary/aromatic N) is 1. The van der Waals surface area contributed by atoms with E-state index < -0.39 is 22.6 Å². The number of aliphatic hydroxyl groups is 1. The summed E-state index contributed by atoms with van der Waals surface area (Å²) < 4.78 is 0. The second kappa shape index (κ2) is 7.64. The van der Waals surface area contributed by atoms with Crippen molar-refractivity contribution in [3.63, 3.8) is 0 Å². The number of rotatable bonds is 5. The van der Waals surface area contributed by atoms with Crippen molar-refractivity contribution in [2.45, 2.75) is 23.4 Å². The molecule has 3 unspecified atom stereocenters. The zero-order chi connectivity index (χ0) is 17.8. The number of aliphatic hydroxyl groups excluding tert-OH is 1. The molecular formula is C17H17N3O4S. The van der Waals surface area contributed by atoms with Crippen molar-refractivity contribution in [1.82, 2.24) is 10.6 Å². The number of amides is 1. The number of nitro groups is 1. The van der Waals surface area contributed by atoms with Crippen molar-refractivity contribution in [3.05, 3.63) is 75.8 Å². The van der Waals surface area contributed by atoms with Crippen LogP contribution in [-0.2, 0) is 10.5 Å². The fourth-order valence-corrected chi connectivity index (χ4v) is 3.62. The standard InChI is InChI=1S/C17H17N3O4S/c21-15-14(12-4-2-1-3-5-12)16(22)19-17(18-15)25-10-11-6-8-13(9-7-11)20(23)24/h1-9,14-15,17-18,21H,10H2,(H,19,22). The number of thioether (sulfide) groups is 1. The number of carbonyl (C=O) groups excluding carboxylic acids is 1. The van der Waals surface area contributed by atoms with Crippen LogP contribution in [0.25, 0.3) is 0 Å². The number of hydrogen-bond donors (Lipinski definition) is 3. The molecule has 1 heterocycles. The monoisotopic (exact) mass is 359 g/mol. The predicted octanol–water partition coefficient (Wildman–Crippen LogP) is 1.93. The van der Waals surface area contributed by atoms with E-state index in [0.717, 1.165) is 11.1 Å². The zero-order valence-corrected chi connectivity index (χ0v) is 14.0. The molecule has 7 nitrogen and oxygen atoms in total. The van der Waals surface area contributed by atoms with Crippen LogP contribution in [-0.4, -0.2) is 27.7 Å². The van der Waals surface area contributed by atoms with E-state index in [2.05, 4.69) is 10.6 Å². The van der Waals surface area contributed by atoms with Crippen LogP contribution in [0.3, 0.4) is 0 Å². The van der Waals surface area contributed by atoms with E-state index in [4.69, 9.17) is 0 Å². The van der Waals surface area contributed by atoms with Crippen molar-refractivity contribution in [2.24, 2.45) is 0 Å². The molecular weight excluding hydrogens is 342 g/mol. The van der Waals surface area contributed by atoms with Crippen molar-refractivity contribution in [2.75, 3.05) is 0 Å². The first-order valence-corrected chi connectivity index (χ1v) is 8.74. The fraction of sp³-hybridized carbons (Fsp3) is 0.235. The Hall–Kier alpha value is -2.42. The normalized spacial score (nSPS) is 23.1. The lowest BCUT2D eigenvalue weighted by Crippen LogP contribution is -2.58. The van der Waals surface area contributed by atoms with Crippen LogP contribution in [0.1, 0.15) is 17.0 Å². The number of nitro benzene ring substituents is 1. The Kier molecular flexibility index (Phi) is 5.32. The van der Waals surface area contributed by atoms with Gasteiger partial charge in [0.05, 0.1) is 4.92 Å². The third-order valence-corrected chi connectivity index (χ3v) is 5.00. The first kappa shape index (κ1) is 17.4. The fourth-order valence-electron chi connectivity index (χ4n) is 2.63. The molecule has 0 saturated carbocycles. The summed E-state index contributed by atoms with van der Waals surface area (Å²) in [4.78, 5) is 22.6. The molecule has 1 aliphatic heterocycles. The van der Waals surface area contributed by atoms with Crippen LogP contribution in [0, 0.1) is 10.1 Å². The van der Waals surface area contributed by atoms with E-state index in [-0.39, 0.29) is 11.6 Å². The Morgan fingerprint density at radius 2 is 1.80 bits per heavy atom. The van der Waals surface area contributed by atoms with Crippen molar-refractivity contribution in [3.8, 4) is 0 Å². The lowest BCUT2D eigenvalue weighted by atomic mass is 9.95. The van der Waals surface area contributed by atoms with Gasteiger partial charge in [0, 0.05) is 17.9 Å². The SMILES string of the molecule is O=C1NC(SCc2ccc([N+](=O)[O-])cc2)NC(O)C1c1ccccc1. The van der Waals surface area contributed by atoms with Crippen LogP contribution in [0.2, 0.25) is 0 Å². The molecule has 3 rings (SSSR count). The number of non-ortho nitro benzene ring substituents is 1. The van der Waals surface area contributed by atoms with E-state index in [1.165, 1.54) is 23.9 Å². The first-order chi connectivity index (χ1) is 12.0. The summed E-state index contributed by atoms with van der Waals surface area (Å²) >= 11 is 1.40. The molecule has 1 saturated heterocycles. The third kappa shape index (κ3) is 4.16. The number of carbonyl (C=O) groups is 1. The molecule has 3 atom stereocenters. The summed E-state index contributed by atoms with van der Waals surface area (Å²) in [6, 6.07) is 15.4. The molecule has 25 heavy (non-hydrogen) atoms. The molecule has 0 bridgehead atoms. The van der Waals surface area contributed by atoms with Gasteiger partial charge >= 0.3 is 0 Å². The highest BCUT2D eigenvalue weighted by Crippen LogP contribution is 2.26. The lowest BCUT2D eigenvalue weighted by Gasteiger charge is -2.34. The summed E-state index contributed by atoms with van der Waals surface area (Å²) in [5, 5.41) is 26.8.